The van der Waals surface area contributed by atoms with Gasteiger partial charge in [0.2, 0.25) is 0 Å². The van der Waals surface area contributed by atoms with E-state index in [0.29, 0.717) is 24.8 Å². The molecule has 5 fully saturated rings. The third kappa shape index (κ3) is 2.41. The van der Waals surface area contributed by atoms with E-state index in [1.807, 2.05) is 27.7 Å². The average molecular weight is 503 g/mol. The molecule has 36 heavy (non-hydrogen) atoms. The normalized spacial score (nSPS) is 49.1. The first-order valence-corrected chi connectivity index (χ1v) is 12.7. The fourth-order valence-corrected chi connectivity index (χ4v) is 9.58. The van der Waals surface area contributed by atoms with Gasteiger partial charge >= 0.3 is 11.9 Å². The summed E-state index contributed by atoms with van der Waals surface area (Å²) in [6.07, 6.45) is 1.10. The molecule has 1 unspecified atom stereocenters. The van der Waals surface area contributed by atoms with Crippen LogP contribution in [0.1, 0.15) is 65.0 Å². The molecule has 9 heteroatoms. The summed E-state index contributed by atoms with van der Waals surface area (Å²) in [6.45, 7) is 7.56. The summed E-state index contributed by atoms with van der Waals surface area (Å²) in [5.41, 5.74) is -5.07. The Morgan fingerprint density at radius 3 is 2.58 bits per heavy atom. The zero-order valence-electron chi connectivity index (χ0n) is 21.3. The van der Waals surface area contributed by atoms with Crippen molar-refractivity contribution in [1.29, 1.82) is 0 Å². The van der Waals surface area contributed by atoms with Gasteiger partial charge in [0.1, 0.15) is 23.1 Å². The number of fused-ring (bicyclic) bond motifs is 3. The number of Topliss-reactive ketones (excluding diaryl/α,β-unsaturated/α-hetero) is 1. The lowest BCUT2D eigenvalue weighted by Crippen LogP contribution is -2.77. The van der Waals surface area contributed by atoms with E-state index in [-0.39, 0.29) is 12.2 Å². The van der Waals surface area contributed by atoms with Crippen molar-refractivity contribution in [3.05, 3.63) is 24.2 Å². The first-order valence-electron chi connectivity index (χ1n) is 12.7. The van der Waals surface area contributed by atoms with Crippen molar-refractivity contribution >= 4 is 17.7 Å². The van der Waals surface area contributed by atoms with E-state index in [2.05, 4.69) is 0 Å². The van der Waals surface area contributed by atoms with Gasteiger partial charge in [-0.25, -0.2) is 4.79 Å². The van der Waals surface area contributed by atoms with Gasteiger partial charge in [-0.2, -0.15) is 0 Å². The highest BCUT2D eigenvalue weighted by atomic mass is 16.6. The number of hydrogen-bond donors (Lipinski definition) is 2. The quantitative estimate of drug-likeness (QED) is 0.598. The summed E-state index contributed by atoms with van der Waals surface area (Å²) in [5.74, 6) is -3.19. The lowest BCUT2D eigenvalue weighted by Gasteiger charge is -2.68. The Bertz CT molecular complexity index is 1140. The van der Waals surface area contributed by atoms with E-state index < -0.39 is 75.5 Å². The highest BCUT2D eigenvalue weighted by molar-refractivity contribution is 5.93. The van der Waals surface area contributed by atoms with Gasteiger partial charge in [0, 0.05) is 34.1 Å². The van der Waals surface area contributed by atoms with Crippen molar-refractivity contribution in [3.8, 4) is 0 Å². The Balaban J connectivity index is 1.56. The number of aliphatic hydroxyl groups is 2. The fourth-order valence-electron chi connectivity index (χ4n) is 9.58. The standard InChI is InChI=1S/C27H34O9/c1-23(2)18(17(29)22(31)33-5)25(4)15-6-8-24(3)20(13-7-9-34-12-13)35-16(28)11-27(24,32)26(15)10-14(19(25)30)21(23)36-26/h7,9,12,14-15,17-18,20-21,29,32H,6,8,10-11H2,1-5H3/t14-,15-,17?,18+,20+,21-,24+,25+,26+,27+/m1/s1. The zero-order valence-corrected chi connectivity index (χ0v) is 21.3. The number of ether oxygens (including phenoxy) is 3. The molecular formula is C27H34O9. The number of hydrogen-bond acceptors (Lipinski definition) is 9. The molecule has 3 aliphatic carbocycles. The molecule has 2 aliphatic heterocycles. The number of cyclic esters (lactones) is 1. The van der Waals surface area contributed by atoms with Crippen molar-refractivity contribution in [2.24, 2.45) is 34.0 Å². The van der Waals surface area contributed by atoms with Crippen LogP contribution in [0.5, 0.6) is 0 Å². The first kappa shape index (κ1) is 24.1. The molecule has 1 spiro atoms. The number of carbonyl (C=O) groups is 3. The highest BCUT2D eigenvalue weighted by Gasteiger charge is 2.85. The molecule has 10 atom stereocenters. The summed E-state index contributed by atoms with van der Waals surface area (Å²) in [7, 11) is 1.21. The maximum Gasteiger partial charge on any atom is 0.335 e. The van der Waals surface area contributed by atoms with E-state index >= 15 is 0 Å². The predicted molar refractivity (Wildman–Crippen MR) is 122 cm³/mol. The predicted octanol–water partition coefficient (Wildman–Crippen LogP) is 2.34. The Kier molecular flexibility index (Phi) is 4.69. The average Bonchev–Trinajstić information content (AvgIpc) is 3.46. The van der Waals surface area contributed by atoms with Gasteiger partial charge in [0.05, 0.1) is 32.2 Å². The van der Waals surface area contributed by atoms with Gasteiger partial charge < -0.3 is 28.8 Å². The minimum absolute atomic E-state index is 0.0464. The fraction of sp³-hybridized carbons (Fsp3) is 0.741. The van der Waals surface area contributed by atoms with Crippen molar-refractivity contribution in [3.63, 3.8) is 0 Å². The first-order chi connectivity index (χ1) is 16.8. The largest absolute Gasteiger partial charge is 0.472 e. The molecule has 1 aromatic heterocycles. The third-order valence-electron chi connectivity index (χ3n) is 11.0. The van der Waals surface area contributed by atoms with Crippen LogP contribution in [-0.2, 0) is 28.6 Å². The van der Waals surface area contributed by atoms with Gasteiger partial charge in [0.25, 0.3) is 0 Å². The summed E-state index contributed by atoms with van der Waals surface area (Å²) >= 11 is 0. The number of esters is 2. The van der Waals surface area contributed by atoms with Crippen LogP contribution in [0.3, 0.4) is 0 Å². The lowest BCUT2D eigenvalue weighted by molar-refractivity contribution is -0.317. The van der Waals surface area contributed by atoms with Crippen molar-refractivity contribution in [2.75, 3.05) is 7.11 Å². The monoisotopic (exact) mass is 502 g/mol. The van der Waals surface area contributed by atoms with Crippen LogP contribution in [-0.4, -0.2) is 58.5 Å². The number of ketones is 1. The number of furan rings is 1. The molecule has 9 nitrogen and oxygen atoms in total. The van der Waals surface area contributed by atoms with Gasteiger partial charge in [-0.05, 0) is 30.7 Å². The zero-order chi connectivity index (χ0) is 26.1. The summed E-state index contributed by atoms with van der Waals surface area (Å²) in [6, 6.07) is 1.73. The second-order valence-corrected chi connectivity index (χ2v) is 12.6. The van der Waals surface area contributed by atoms with Crippen LogP contribution in [0.2, 0.25) is 0 Å². The summed E-state index contributed by atoms with van der Waals surface area (Å²) < 4.78 is 22.9. The van der Waals surface area contributed by atoms with Crippen molar-refractivity contribution in [2.45, 2.75) is 82.9 Å². The molecular weight excluding hydrogens is 468 g/mol. The molecule has 3 heterocycles. The molecule has 0 amide bonds. The Hall–Kier alpha value is -2.23. The molecule has 2 N–H and O–H groups in total. The van der Waals surface area contributed by atoms with Crippen LogP contribution in [0, 0.1) is 34.0 Å². The minimum atomic E-state index is -1.64. The molecule has 3 saturated carbocycles. The molecule has 0 radical (unpaired) electrons. The Morgan fingerprint density at radius 2 is 1.94 bits per heavy atom. The minimum Gasteiger partial charge on any atom is -0.472 e. The maximum absolute atomic E-state index is 14.1. The van der Waals surface area contributed by atoms with Crippen molar-refractivity contribution in [1.82, 2.24) is 0 Å². The summed E-state index contributed by atoms with van der Waals surface area (Å²) in [4.78, 5) is 39.7. The summed E-state index contributed by atoms with van der Waals surface area (Å²) in [5, 5.41) is 24.0. The Morgan fingerprint density at radius 1 is 1.22 bits per heavy atom. The third-order valence-corrected chi connectivity index (χ3v) is 11.0. The topological polar surface area (TPSA) is 132 Å². The van der Waals surface area contributed by atoms with E-state index in [0.717, 1.165) is 0 Å². The van der Waals surface area contributed by atoms with E-state index in [9.17, 15) is 24.6 Å². The van der Waals surface area contributed by atoms with Crippen LogP contribution in [0.25, 0.3) is 0 Å². The molecule has 0 aromatic carbocycles. The van der Waals surface area contributed by atoms with Crippen LogP contribution in [0.4, 0.5) is 0 Å². The van der Waals surface area contributed by atoms with Gasteiger partial charge in [-0.3, -0.25) is 9.59 Å². The molecule has 2 saturated heterocycles. The van der Waals surface area contributed by atoms with Crippen LogP contribution < -0.4 is 0 Å². The van der Waals surface area contributed by atoms with Crippen LogP contribution >= 0.6 is 0 Å². The second-order valence-electron chi connectivity index (χ2n) is 12.6. The number of carbonyl (C=O) groups excluding carboxylic acids is 3. The molecule has 5 aliphatic rings. The van der Waals surface area contributed by atoms with E-state index in [4.69, 9.17) is 18.6 Å². The molecule has 3 bridgehead atoms. The number of rotatable bonds is 3. The SMILES string of the molecule is COC(=O)C(O)[C@H]1C(C)(C)[C@@H]2O[C@@]34C[C@@H]2C(=O)[C@@]1(C)[C@H]3CC[C@@]1(C)[C@H](c2ccoc2)OC(=O)C[C@]14O. The number of aliphatic hydroxyl groups excluding tert-OH is 1. The van der Waals surface area contributed by atoms with Gasteiger partial charge in [-0.1, -0.05) is 27.7 Å². The lowest BCUT2D eigenvalue weighted by atomic mass is 9.36. The Labute approximate surface area is 209 Å². The maximum atomic E-state index is 14.1. The molecule has 196 valence electrons. The second kappa shape index (κ2) is 6.99. The van der Waals surface area contributed by atoms with Gasteiger partial charge in [0.15, 0.2) is 6.10 Å². The molecule has 1 aromatic rings. The van der Waals surface area contributed by atoms with E-state index in [1.54, 1.807) is 6.07 Å². The number of methoxy groups -OCH3 is 1. The molecule has 6 rings (SSSR count). The van der Waals surface area contributed by atoms with Crippen molar-refractivity contribution < 1.29 is 43.2 Å². The van der Waals surface area contributed by atoms with Gasteiger partial charge in [-0.15, -0.1) is 0 Å². The highest BCUT2D eigenvalue weighted by Crippen LogP contribution is 2.77. The smallest absolute Gasteiger partial charge is 0.335 e. The van der Waals surface area contributed by atoms with Crippen LogP contribution in [0.15, 0.2) is 23.0 Å². The van der Waals surface area contributed by atoms with E-state index in [1.165, 1.54) is 19.6 Å².